The molecule has 0 amide bonds. The molecule has 0 atom stereocenters. The number of phenols is 2. The summed E-state index contributed by atoms with van der Waals surface area (Å²) in [6.07, 6.45) is 0. The van der Waals surface area contributed by atoms with E-state index in [1.54, 1.807) is 0 Å². The van der Waals surface area contributed by atoms with Crippen molar-refractivity contribution in [3.05, 3.63) is 70.6 Å². The molecule has 3 N–H and O–H groups in total. The van der Waals surface area contributed by atoms with E-state index in [-0.39, 0.29) is 38.3 Å². The van der Waals surface area contributed by atoms with E-state index in [0.717, 1.165) is 30.3 Å². The molecule has 3 aromatic carbocycles. The van der Waals surface area contributed by atoms with Gasteiger partial charge in [0.05, 0.1) is 10.3 Å². The average Bonchev–Trinajstić information content (AvgIpc) is 2.62. The molecule has 1 heterocycles. The zero-order chi connectivity index (χ0) is 20.1. The Morgan fingerprint density at radius 3 is 2.36 bits per heavy atom. The average molecular weight is 401 g/mol. The van der Waals surface area contributed by atoms with Gasteiger partial charge in [-0.2, -0.15) is 0 Å². The summed E-state index contributed by atoms with van der Waals surface area (Å²) < 4.78 is 45.7. The van der Waals surface area contributed by atoms with Crippen LogP contribution in [0.3, 0.4) is 0 Å². The third-order valence-electron chi connectivity index (χ3n) is 4.11. The van der Waals surface area contributed by atoms with Crippen molar-refractivity contribution in [2.24, 2.45) is 0 Å². The van der Waals surface area contributed by atoms with Gasteiger partial charge in [-0.25, -0.2) is 12.8 Å². The topological polar surface area (TPSA) is 117 Å². The minimum Gasteiger partial charge on any atom is -0.508 e. The van der Waals surface area contributed by atoms with E-state index in [4.69, 9.17) is 4.42 Å². The molecule has 0 unspecified atom stereocenters. The van der Waals surface area contributed by atoms with Gasteiger partial charge in [-0.05, 0) is 42.5 Å². The van der Waals surface area contributed by atoms with Crippen LogP contribution in [0.1, 0.15) is 0 Å². The number of nitrogens with one attached hydrogen (secondary N) is 1. The van der Waals surface area contributed by atoms with Gasteiger partial charge in [0, 0.05) is 17.8 Å². The van der Waals surface area contributed by atoms with Crippen LogP contribution in [0.4, 0.5) is 10.1 Å². The first-order valence-electron chi connectivity index (χ1n) is 7.95. The molecular formula is C19H12FNO6S. The SMILES string of the molecule is O=c1c2cc(NS(=O)(=O)c3ccc(F)cc3)ccc2oc2cc(O)cc(O)c12. The molecular weight excluding hydrogens is 389 g/mol. The fraction of sp³-hybridized carbons (Fsp3) is 0. The second kappa shape index (κ2) is 6.24. The number of hydrogen-bond donors (Lipinski definition) is 3. The summed E-state index contributed by atoms with van der Waals surface area (Å²) in [5.74, 6) is -1.29. The third kappa shape index (κ3) is 3.01. The first-order chi connectivity index (χ1) is 13.2. The summed E-state index contributed by atoms with van der Waals surface area (Å²) in [6.45, 7) is 0. The smallest absolute Gasteiger partial charge is 0.261 e. The Morgan fingerprint density at radius 2 is 1.64 bits per heavy atom. The normalized spacial score (nSPS) is 11.8. The van der Waals surface area contributed by atoms with Crippen LogP contribution in [0.2, 0.25) is 0 Å². The zero-order valence-corrected chi connectivity index (χ0v) is 14.8. The van der Waals surface area contributed by atoms with Crippen LogP contribution in [0, 0.1) is 5.82 Å². The maximum Gasteiger partial charge on any atom is 0.261 e. The highest BCUT2D eigenvalue weighted by Gasteiger charge is 2.17. The minimum absolute atomic E-state index is 0.00496. The van der Waals surface area contributed by atoms with Gasteiger partial charge in [0.15, 0.2) is 0 Å². The Morgan fingerprint density at radius 1 is 0.929 bits per heavy atom. The first-order valence-corrected chi connectivity index (χ1v) is 9.44. The molecule has 4 rings (SSSR count). The van der Waals surface area contributed by atoms with Crippen LogP contribution in [0.5, 0.6) is 11.5 Å². The van der Waals surface area contributed by atoms with Gasteiger partial charge < -0.3 is 14.6 Å². The van der Waals surface area contributed by atoms with Gasteiger partial charge in [0.1, 0.15) is 33.9 Å². The molecule has 0 spiro atoms. The van der Waals surface area contributed by atoms with E-state index in [9.17, 15) is 27.8 Å². The Kier molecular flexibility index (Phi) is 3.97. The van der Waals surface area contributed by atoms with E-state index in [1.165, 1.54) is 24.3 Å². The molecule has 0 aliphatic rings. The number of rotatable bonds is 3. The summed E-state index contributed by atoms with van der Waals surface area (Å²) in [5.41, 5.74) is -0.361. The van der Waals surface area contributed by atoms with Gasteiger partial charge >= 0.3 is 0 Å². The summed E-state index contributed by atoms with van der Waals surface area (Å²) in [6, 6.07) is 10.5. The van der Waals surface area contributed by atoms with Crippen molar-refractivity contribution < 1.29 is 27.4 Å². The lowest BCUT2D eigenvalue weighted by atomic mass is 10.1. The number of halogens is 1. The molecule has 0 aliphatic heterocycles. The summed E-state index contributed by atoms with van der Waals surface area (Å²) in [4.78, 5) is 12.6. The molecule has 7 nitrogen and oxygen atoms in total. The van der Waals surface area contributed by atoms with E-state index in [2.05, 4.69) is 4.72 Å². The van der Waals surface area contributed by atoms with Crippen LogP contribution in [0.25, 0.3) is 21.9 Å². The molecule has 4 aromatic rings. The van der Waals surface area contributed by atoms with Crippen molar-refractivity contribution in [2.75, 3.05) is 4.72 Å². The molecule has 28 heavy (non-hydrogen) atoms. The lowest BCUT2D eigenvalue weighted by molar-refractivity contribution is 0.453. The maximum atomic E-state index is 13.0. The quantitative estimate of drug-likeness (QED) is 0.454. The standard InChI is InChI=1S/C19H12FNO6S/c20-10-1-4-13(5-2-10)28(25,26)21-11-3-6-16-14(7-11)19(24)18-15(23)8-12(22)9-17(18)27-16/h1-9,21-23H. The maximum absolute atomic E-state index is 13.0. The summed E-state index contributed by atoms with van der Waals surface area (Å²) in [5, 5.41) is 19.4. The van der Waals surface area contributed by atoms with Crippen LogP contribution in [0.15, 0.2) is 68.7 Å². The Hall–Kier alpha value is -3.59. The summed E-state index contributed by atoms with van der Waals surface area (Å²) in [7, 11) is -4.00. The lowest BCUT2D eigenvalue weighted by Gasteiger charge is -2.09. The van der Waals surface area contributed by atoms with Gasteiger partial charge in [-0.1, -0.05) is 0 Å². The van der Waals surface area contributed by atoms with Crippen molar-refractivity contribution in [3.63, 3.8) is 0 Å². The van der Waals surface area contributed by atoms with Gasteiger partial charge in [-0.3, -0.25) is 9.52 Å². The fourth-order valence-corrected chi connectivity index (χ4v) is 3.89. The molecule has 0 saturated heterocycles. The highest BCUT2D eigenvalue weighted by Crippen LogP contribution is 2.30. The predicted molar refractivity (Wildman–Crippen MR) is 101 cm³/mol. The number of hydrogen-bond acceptors (Lipinski definition) is 6. The molecule has 1 aromatic heterocycles. The second-order valence-corrected chi connectivity index (χ2v) is 7.72. The number of aromatic hydroxyl groups is 2. The van der Waals surface area contributed by atoms with Crippen molar-refractivity contribution in [2.45, 2.75) is 4.90 Å². The first kappa shape index (κ1) is 17.8. The molecule has 0 fully saturated rings. The van der Waals surface area contributed by atoms with Crippen molar-refractivity contribution >= 4 is 37.6 Å². The Balaban J connectivity index is 1.83. The molecule has 0 bridgehead atoms. The largest absolute Gasteiger partial charge is 0.508 e. The second-order valence-electron chi connectivity index (χ2n) is 6.04. The zero-order valence-electron chi connectivity index (χ0n) is 14.0. The molecule has 9 heteroatoms. The predicted octanol–water partition coefficient (Wildman–Crippen LogP) is 3.30. The molecule has 0 radical (unpaired) electrons. The van der Waals surface area contributed by atoms with E-state index in [1.807, 2.05) is 0 Å². The lowest BCUT2D eigenvalue weighted by Crippen LogP contribution is -2.13. The van der Waals surface area contributed by atoms with Gasteiger partial charge in [0.25, 0.3) is 10.0 Å². The monoisotopic (exact) mass is 401 g/mol. The minimum atomic E-state index is -4.00. The highest BCUT2D eigenvalue weighted by molar-refractivity contribution is 7.92. The Labute approximate surface area is 157 Å². The number of phenolic OH excluding ortho intramolecular Hbond substituents is 2. The van der Waals surface area contributed by atoms with Crippen molar-refractivity contribution in [1.29, 1.82) is 0 Å². The molecule has 0 aliphatic carbocycles. The number of anilines is 1. The van der Waals surface area contributed by atoms with E-state index >= 15 is 0 Å². The van der Waals surface area contributed by atoms with E-state index < -0.39 is 27.0 Å². The molecule has 142 valence electrons. The van der Waals surface area contributed by atoms with Gasteiger partial charge in [-0.15, -0.1) is 0 Å². The summed E-state index contributed by atoms with van der Waals surface area (Å²) >= 11 is 0. The highest BCUT2D eigenvalue weighted by atomic mass is 32.2. The van der Waals surface area contributed by atoms with Crippen LogP contribution >= 0.6 is 0 Å². The third-order valence-corrected chi connectivity index (χ3v) is 5.51. The number of benzene rings is 3. The van der Waals surface area contributed by atoms with Crippen molar-refractivity contribution in [1.82, 2.24) is 0 Å². The number of sulfonamides is 1. The van der Waals surface area contributed by atoms with E-state index in [0.29, 0.717) is 0 Å². The van der Waals surface area contributed by atoms with Crippen LogP contribution in [-0.2, 0) is 10.0 Å². The Bertz CT molecular complexity index is 1390. The fourth-order valence-electron chi connectivity index (χ4n) is 2.84. The molecule has 0 saturated carbocycles. The number of fused-ring (bicyclic) bond motifs is 2. The van der Waals surface area contributed by atoms with Crippen LogP contribution in [-0.4, -0.2) is 18.6 Å². The van der Waals surface area contributed by atoms with Crippen molar-refractivity contribution in [3.8, 4) is 11.5 Å². The van der Waals surface area contributed by atoms with Gasteiger partial charge in [0.2, 0.25) is 5.43 Å². The van der Waals surface area contributed by atoms with Crippen LogP contribution < -0.4 is 10.2 Å².